The van der Waals surface area contributed by atoms with Gasteiger partial charge in [-0.05, 0) is 31.5 Å². The summed E-state index contributed by atoms with van der Waals surface area (Å²) in [6.45, 7) is 3.95. The molecule has 0 radical (unpaired) electrons. The number of fused-ring (bicyclic) bond motifs is 3. The summed E-state index contributed by atoms with van der Waals surface area (Å²) in [5.74, 6) is -0.558. The molecule has 0 N–H and O–H groups in total. The number of hydrogen-bond acceptors (Lipinski definition) is 6. The summed E-state index contributed by atoms with van der Waals surface area (Å²) in [5, 5.41) is 12.2. The number of methoxy groups -OCH3 is 1. The second kappa shape index (κ2) is 5.76. The molecule has 0 saturated heterocycles. The van der Waals surface area contributed by atoms with Gasteiger partial charge in [0.15, 0.2) is 11.2 Å². The lowest BCUT2D eigenvalue weighted by atomic mass is 10.1. The van der Waals surface area contributed by atoms with Gasteiger partial charge >= 0.3 is 5.97 Å². The van der Waals surface area contributed by atoms with Crippen molar-refractivity contribution in [3.63, 3.8) is 0 Å². The van der Waals surface area contributed by atoms with E-state index in [9.17, 15) is 9.59 Å². The zero-order valence-electron chi connectivity index (χ0n) is 14.4. The fourth-order valence-electron chi connectivity index (χ4n) is 3.01. The van der Waals surface area contributed by atoms with Crippen molar-refractivity contribution in [1.29, 1.82) is 0 Å². The van der Waals surface area contributed by atoms with Crippen molar-refractivity contribution >= 4 is 22.6 Å². The van der Waals surface area contributed by atoms with E-state index in [1.807, 2.05) is 32.0 Å². The Labute approximate surface area is 147 Å². The van der Waals surface area contributed by atoms with E-state index in [-0.39, 0.29) is 22.3 Å². The van der Waals surface area contributed by atoms with Crippen LogP contribution in [-0.2, 0) is 4.74 Å². The summed E-state index contributed by atoms with van der Waals surface area (Å²) < 4.78 is 7.66. The summed E-state index contributed by atoms with van der Waals surface area (Å²) in [6.07, 6.45) is 3.02. The lowest BCUT2D eigenvalue weighted by Gasteiger charge is -2.10. The van der Waals surface area contributed by atoms with Crippen molar-refractivity contribution in [3.8, 4) is 5.69 Å². The Morgan fingerprint density at radius 2 is 1.96 bits per heavy atom. The van der Waals surface area contributed by atoms with Crippen LogP contribution >= 0.6 is 0 Å². The van der Waals surface area contributed by atoms with Crippen molar-refractivity contribution < 1.29 is 9.53 Å². The molecule has 3 aromatic heterocycles. The van der Waals surface area contributed by atoms with Crippen molar-refractivity contribution in [2.24, 2.45) is 0 Å². The fourth-order valence-corrected chi connectivity index (χ4v) is 3.01. The van der Waals surface area contributed by atoms with Crippen LogP contribution in [0.3, 0.4) is 0 Å². The minimum Gasteiger partial charge on any atom is -0.465 e. The second-order valence-corrected chi connectivity index (χ2v) is 6.00. The largest absolute Gasteiger partial charge is 0.465 e. The quantitative estimate of drug-likeness (QED) is 0.513. The average molecular weight is 349 g/mol. The summed E-state index contributed by atoms with van der Waals surface area (Å²) >= 11 is 0. The van der Waals surface area contributed by atoms with Gasteiger partial charge in [0, 0.05) is 6.20 Å². The van der Waals surface area contributed by atoms with Crippen molar-refractivity contribution in [3.05, 3.63) is 63.7 Å². The van der Waals surface area contributed by atoms with E-state index < -0.39 is 5.97 Å². The van der Waals surface area contributed by atoms with Gasteiger partial charge < -0.3 is 4.74 Å². The van der Waals surface area contributed by atoms with Gasteiger partial charge in [-0.15, -0.1) is 10.2 Å². The zero-order valence-corrected chi connectivity index (χ0v) is 14.4. The van der Waals surface area contributed by atoms with E-state index in [1.165, 1.54) is 22.4 Å². The third-order valence-corrected chi connectivity index (χ3v) is 4.28. The highest BCUT2D eigenvalue weighted by Gasteiger charge is 2.18. The van der Waals surface area contributed by atoms with Crippen molar-refractivity contribution in [1.82, 2.24) is 24.4 Å². The van der Waals surface area contributed by atoms with Gasteiger partial charge in [0.2, 0.25) is 0 Å². The van der Waals surface area contributed by atoms with Gasteiger partial charge in [-0.3, -0.25) is 9.36 Å². The number of ether oxygens (including phenoxy) is 1. The summed E-state index contributed by atoms with van der Waals surface area (Å²) in [5.41, 5.74) is 3.64. The number of nitrogens with zero attached hydrogens (tertiary/aromatic N) is 5. The minimum atomic E-state index is -0.558. The molecule has 0 aliphatic carbocycles. The lowest BCUT2D eigenvalue weighted by Crippen LogP contribution is -2.21. The summed E-state index contributed by atoms with van der Waals surface area (Å²) in [4.78, 5) is 24.7. The molecule has 0 bridgehead atoms. The topological polar surface area (TPSA) is 91.4 Å². The van der Waals surface area contributed by atoms with Crippen LogP contribution in [0.4, 0.5) is 0 Å². The molecule has 0 fully saturated rings. The molecule has 0 saturated carbocycles. The lowest BCUT2D eigenvalue weighted by molar-refractivity contribution is 0.0602. The summed E-state index contributed by atoms with van der Waals surface area (Å²) in [6, 6.07) is 7.58. The molecule has 4 aromatic rings. The van der Waals surface area contributed by atoms with Crippen LogP contribution in [0.5, 0.6) is 0 Å². The Morgan fingerprint density at radius 1 is 1.15 bits per heavy atom. The highest BCUT2D eigenvalue weighted by atomic mass is 16.5. The number of esters is 1. The number of aryl methyl sites for hydroxylation is 2. The van der Waals surface area contributed by atoms with E-state index >= 15 is 0 Å². The first kappa shape index (κ1) is 15.9. The van der Waals surface area contributed by atoms with Crippen LogP contribution in [0, 0.1) is 13.8 Å². The molecule has 0 atom stereocenters. The average Bonchev–Trinajstić information content (AvgIpc) is 3.06. The number of carbonyl (C=O) groups excluding carboxylic acids is 1. The molecule has 3 heterocycles. The molecule has 26 heavy (non-hydrogen) atoms. The molecule has 0 amide bonds. The molecule has 0 aliphatic heterocycles. The van der Waals surface area contributed by atoms with E-state index in [2.05, 4.69) is 15.3 Å². The Balaban J connectivity index is 1.98. The van der Waals surface area contributed by atoms with Gasteiger partial charge in [-0.25, -0.2) is 9.31 Å². The van der Waals surface area contributed by atoms with Crippen LogP contribution in [-0.4, -0.2) is 37.5 Å². The number of rotatable bonds is 2. The van der Waals surface area contributed by atoms with Gasteiger partial charge in [0.25, 0.3) is 5.56 Å². The molecule has 4 rings (SSSR count). The third kappa shape index (κ3) is 2.26. The van der Waals surface area contributed by atoms with Crippen LogP contribution in [0.1, 0.15) is 21.5 Å². The zero-order chi connectivity index (χ0) is 18.4. The van der Waals surface area contributed by atoms with Crippen LogP contribution in [0.25, 0.3) is 22.4 Å². The first-order valence-electron chi connectivity index (χ1n) is 7.93. The Kier molecular flexibility index (Phi) is 3.54. The summed E-state index contributed by atoms with van der Waals surface area (Å²) in [7, 11) is 1.28. The monoisotopic (exact) mass is 349 g/mol. The van der Waals surface area contributed by atoms with Gasteiger partial charge in [0.1, 0.15) is 11.1 Å². The standard InChI is InChI=1S/C18H15N5O3/c1-10-4-5-13(11(2)8-10)22-7-6-14-15(17(22)24)20-21-16-12(18(25)26-3)9-19-23(14)16/h4-9H,1-3H3. The van der Waals surface area contributed by atoms with E-state index in [0.717, 1.165) is 16.8 Å². The predicted octanol–water partition coefficient (Wildman–Crippen LogP) is 1.83. The minimum absolute atomic E-state index is 0.166. The van der Waals surface area contributed by atoms with Gasteiger partial charge in [-0.2, -0.15) is 5.10 Å². The van der Waals surface area contributed by atoms with Gasteiger partial charge in [-0.1, -0.05) is 17.7 Å². The maximum Gasteiger partial charge on any atom is 0.343 e. The highest BCUT2D eigenvalue weighted by Crippen LogP contribution is 2.17. The van der Waals surface area contributed by atoms with E-state index in [0.29, 0.717) is 5.52 Å². The fraction of sp³-hybridized carbons (Fsp3) is 0.167. The predicted molar refractivity (Wildman–Crippen MR) is 94.7 cm³/mol. The van der Waals surface area contributed by atoms with Gasteiger partial charge in [0.05, 0.1) is 19.0 Å². The van der Waals surface area contributed by atoms with Crippen LogP contribution in [0.15, 0.2) is 41.5 Å². The second-order valence-electron chi connectivity index (χ2n) is 6.00. The maximum atomic E-state index is 12.9. The van der Waals surface area contributed by atoms with E-state index in [4.69, 9.17) is 4.74 Å². The number of benzene rings is 1. The highest BCUT2D eigenvalue weighted by molar-refractivity contribution is 5.96. The number of carbonyl (C=O) groups is 1. The number of pyridine rings is 1. The Morgan fingerprint density at radius 3 is 2.69 bits per heavy atom. The number of hydrogen-bond donors (Lipinski definition) is 0. The third-order valence-electron chi connectivity index (χ3n) is 4.28. The molecule has 0 spiro atoms. The molecule has 8 heteroatoms. The van der Waals surface area contributed by atoms with Crippen molar-refractivity contribution in [2.45, 2.75) is 13.8 Å². The maximum absolute atomic E-state index is 12.9. The first-order chi connectivity index (χ1) is 12.5. The first-order valence-corrected chi connectivity index (χ1v) is 7.93. The Bertz CT molecular complexity index is 1240. The van der Waals surface area contributed by atoms with Crippen LogP contribution in [0.2, 0.25) is 0 Å². The molecular formula is C18H15N5O3. The molecule has 8 nitrogen and oxygen atoms in total. The Hall–Kier alpha value is -3.55. The number of aromatic nitrogens is 5. The van der Waals surface area contributed by atoms with E-state index in [1.54, 1.807) is 12.3 Å². The molecule has 130 valence electrons. The molecular weight excluding hydrogens is 334 g/mol. The SMILES string of the molecule is COC(=O)c1cnn2c1nnc1c(=O)n(-c3ccc(C)cc3C)ccc12. The van der Waals surface area contributed by atoms with Crippen LogP contribution < -0.4 is 5.56 Å². The molecule has 1 aromatic carbocycles. The van der Waals surface area contributed by atoms with Crippen molar-refractivity contribution in [2.75, 3.05) is 7.11 Å². The molecule has 0 aliphatic rings. The smallest absolute Gasteiger partial charge is 0.343 e. The normalized spacial score (nSPS) is 11.2. The molecule has 0 unspecified atom stereocenters.